The topological polar surface area (TPSA) is 64.4 Å². The number of rotatable bonds is 3. The van der Waals surface area contributed by atoms with E-state index in [0.717, 1.165) is 4.68 Å². The molecule has 0 aliphatic carbocycles. The van der Waals surface area contributed by atoms with E-state index in [1.54, 1.807) is 6.07 Å². The summed E-state index contributed by atoms with van der Waals surface area (Å²) in [6.45, 7) is 0. The summed E-state index contributed by atoms with van der Waals surface area (Å²) < 4.78 is 20.3. The molecule has 94 valence electrons. The number of hydrogen-bond acceptors (Lipinski definition) is 3. The van der Waals surface area contributed by atoms with Crippen molar-refractivity contribution >= 4 is 21.9 Å². The normalized spacial score (nSPS) is 10.4. The summed E-state index contributed by atoms with van der Waals surface area (Å²) in [6.07, 6.45) is 1.23. The average Bonchev–Trinajstić information content (AvgIpc) is 2.66. The highest BCUT2D eigenvalue weighted by molar-refractivity contribution is 9.10. The fraction of sp³-hybridized carbons (Fsp3) is 0.0909. The van der Waals surface area contributed by atoms with Crippen LogP contribution in [0, 0.1) is 5.82 Å². The Morgan fingerprint density at radius 2 is 2.22 bits per heavy atom. The van der Waals surface area contributed by atoms with Gasteiger partial charge >= 0.3 is 5.97 Å². The van der Waals surface area contributed by atoms with Crippen molar-refractivity contribution < 1.29 is 19.0 Å². The Morgan fingerprint density at radius 3 is 2.89 bits per heavy atom. The van der Waals surface area contributed by atoms with Gasteiger partial charge in [0.25, 0.3) is 0 Å². The third kappa shape index (κ3) is 2.21. The highest BCUT2D eigenvalue weighted by atomic mass is 79.9. The van der Waals surface area contributed by atoms with Gasteiger partial charge in [0.2, 0.25) is 0 Å². The van der Waals surface area contributed by atoms with Crippen LogP contribution in [0.15, 0.2) is 28.9 Å². The van der Waals surface area contributed by atoms with E-state index in [4.69, 9.17) is 9.84 Å². The lowest BCUT2D eigenvalue weighted by Gasteiger charge is -2.06. The van der Waals surface area contributed by atoms with E-state index in [0.29, 0.717) is 0 Å². The maximum absolute atomic E-state index is 13.7. The summed E-state index contributed by atoms with van der Waals surface area (Å²) in [6, 6.07) is 4.50. The van der Waals surface area contributed by atoms with Crippen molar-refractivity contribution in [2.45, 2.75) is 0 Å². The van der Waals surface area contributed by atoms with Crippen LogP contribution in [0.5, 0.6) is 11.5 Å². The molecule has 0 spiro atoms. The number of carboxylic acid groups (broad SMARTS) is 1. The van der Waals surface area contributed by atoms with E-state index >= 15 is 0 Å². The number of carboxylic acids is 1. The molecule has 0 saturated heterocycles. The standard InChI is InChI=1S/C11H8BrFN2O3/c1-15-10(11(16)17)8(5-14-15)18-7-4-2-3-6(12)9(7)13/h2-5H,1H3,(H,16,17). The molecule has 0 saturated carbocycles. The number of benzene rings is 1. The summed E-state index contributed by atoms with van der Waals surface area (Å²) >= 11 is 3.02. The van der Waals surface area contributed by atoms with Gasteiger partial charge in [-0.15, -0.1) is 0 Å². The Morgan fingerprint density at radius 1 is 1.50 bits per heavy atom. The molecule has 2 rings (SSSR count). The average molecular weight is 315 g/mol. The maximum atomic E-state index is 13.7. The predicted octanol–water partition coefficient (Wildman–Crippen LogP) is 2.81. The largest absolute Gasteiger partial charge is 0.476 e. The van der Waals surface area contributed by atoms with E-state index < -0.39 is 11.8 Å². The van der Waals surface area contributed by atoms with Crippen molar-refractivity contribution in [3.63, 3.8) is 0 Å². The Kier molecular flexibility index (Phi) is 3.33. The molecule has 0 bridgehead atoms. The molecule has 18 heavy (non-hydrogen) atoms. The number of aromatic carboxylic acids is 1. The first-order chi connectivity index (χ1) is 8.50. The highest BCUT2D eigenvalue weighted by Crippen LogP contribution is 2.30. The molecule has 0 unspecified atom stereocenters. The third-order valence-electron chi connectivity index (χ3n) is 2.24. The fourth-order valence-electron chi connectivity index (χ4n) is 1.42. The van der Waals surface area contributed by atoms with Crippen LogP contribution in [0.4, 0.5) is 4.39 Å². The second kappa shape index (κ2) is 4.77. The molecule has 1 aromatic carbocycles. The van der Waals surface area contributed by atoms with Gasteiger partial charge < -0.3 is 9.84 Å². The van der Waals surface area contributed by atoms with Crippen LogP contribution in [-0.2, 0) is 7.05 Å². The predicted molar refractivity (Wildman–Crippen MR) is 64.3 cm³/mol. The van der Waals surface area contributed by atoms with Crippen LogP contribution >= 0.6 is 15.9 Å². The smallest absolute Gasteiger partial charge is 0.358 e. The van der Waals surface area contributed by atoms with Crippen LogP contribution in [0.25, 0.3) is 0 Å². The summed E-state index contributed by atoms with van der Waals surface area (Å²) in [5.41, 5.74) is -0.144. The van der Waals surface area contributed by atoms with Crippen molar-refractivity contribution in [1.29, 1.82) is 0 Å². The summed E-state index contributed by atoms with van der Waals surface area (Å²) in [7, 11) is 1.47. The van der Waals surface area contributed by atoms with Gasteiger partial charge in [0.1, 0.15) is 0 Å². The van der Waals surface area contributed by atoms with E-state index in [1.807, 2.05) is 0 Å². The third-order valence-corrected chi connectivity index (χ3v) is 2.86. The number of aromatic nitrogens is 2. The van der Waals surface area contributed by atoms with Crippen LogP contribution in [0.3, 0.4) is 0 Å². The van der Waals surface area contributed by atoms with Crippen molar-refractivity contribution in [2.75, 3.05) is 0 Å². The Bertz CT molecular complexity index is 612. The summed E-state index contributed by atoms with van der Waals surface area (Å²) in [5, 5.41) is 12.8. The van der Waals surface area contributed by atoms with E-state index in [9.17, 15) is 9.18 Å². The minimum absolute atomic E-state index is 0.0120. The SMILES string of the molecule is Cn1ncc(Oc2cccc(Br)c2F)c1C(=O)O. The molecular weight excluding hydrogens is 307 g/mol. The highest BCUT2D eigenvalue weighted by Gasteiger charge is 2.19. The van der Waals surface area contributed by atoms with Gasteiger partial charge in [0, 0.05) is 7.05 Å². The number of nitrogens with zero attached hydrogens (tertiary/aromatic N) is 2. The van der Waals surface area contributed by atoms with Crippen molar-refractivity contribution in [3.8, 4) is 11.5 Å². The first kappa shape index (κ1) is 12.6. The molecule has 0 aliphatic heterocycles. The number of hydrogen-bond donors (Lipinski definition) is 1. The minimum atomic E-state index is -1.19. The van der Waals surface area contributed by atoms with E-state index in [1.165, 1.54) is 25.4 Å². The minimum Gasteiger partial charge on any atom is -0.476 e. The van der Waals surface area contributed by atoms with Gasteiger partial charge in [-0.25, -0.2) is 9.18 Å². The molecule has 7 heteroatoms. The Hall–Kier alpha value is -1.89. The van der Waals surface area contributed by atoms with Gasteiger partial charge in [-0.2, -0.15) is 5.10 Å². The second-order valence-corrected chi connectivity index (χ2v) is 4.29. The second-order valence-electron chi connectivity index (χ2n) is 3.44. The molecule has 2 aromatic rings. The van der Waals surface area contributed by atoms with Gasteiger partial charge in [0.05, 0.1) is 10.7 Å². The zero-order valence-corrected chi connectivity index (χ0v) is 10.8. The Labute approximate surface area is 110 Å². The molecule has 1 N–H and O–H groups in total. The number of ether oxygens (including phenoxy) is 1. The summed E-state index contributed by atoms with van der Waals surface area (Å²) in [4.78, 5) is 11.0. The molecule has 1 aromatic heterocycles. The first-order valence-corrected chi connectivity index (χ1v) is 5.67. The van der Waals surface area contributed by atoms with Gasteiger partial charge in [-0.1, -0.05) is 6.07 Å². The van der Waals surface area contributed by atoms with Crippen LogP contribution in [0.2, 0.25) is 0 Å². The number of carbonyl (C=O) groups is 1. The molecule has 0 amide bonds. The van der Waals surface area contributed by atoms with Crippen molar-refractivity contribution in [2.24, 2.45) is 7.05 Å². The van der Waals surface area contributed by atoms with Crippen molar-refractivity contribution in [1.82, 2.24) is 9.78 Å². The van der Waals surface area contributed by atoms with Crippen LogP contribution < -0.4 is 4.74 Å². The van der Waals surface area contributed by atoms with Gasteiger partial charge in [0.15, 0.2) is 23.0 Å². The molecule has 1 heterocycles. The molecule has 0 radical (unpaired) electrons. The molecular formula is C11H8BrFN2O3. The van der Waals surface area contributed by atoms with Crippen LogP contribution in [-0.4, -0.2) is 20.9 Å². The molecule has 0 aliphatic rings. The molecule has 0 atom stereocenters. The lowest BCUT2D eigenvalue weighted by molar-refractivity contribution is 0.0682. The Balaban J connectivity index is 2.41. The van der Waals surface area contributed by atoms with E-state index in [2.05, 4.69) is 21.0 Å². The number of halogens is 2. The van der Waals surface area contributed by atoms with Crippen molar-refractivity contribution in [3.05, 3.63) is 40.4 Å². The first-order valence-electron chi connectivity index (χ1n) is 4.88. The zero-order chi connectivity index (χ0) is 13.3. The van der Waals surface area contributed by atoms with Gasteiger partial charge in [-0.05, 0) is 28.1 Å². The van der Waals surface area contributed by atoms with Crippen LogP contribution in [0.1, 0.15) is 10.5 Å². The summed E-state index contributed by atoms with van der Waals surface area (Å²) in [5.74, 6) is -1.88. The monoisotopic (exact) mass is 314 g/mol. The lowest BCUT2D eigenvalue weighted by Crippen LogP contribution is -2.06. The zero-order valence-electron chi connectivity index (χ0n) is 9.22. The maximum Gasteiger partial charge on any atom is 0.358 e. The quantitative estimate of drug-likeness (QED) is 0.946. The van der Waals surface area contributed by atoms with Gasteiger partial charge in [-0.3, -0.25) is 4.68 Å². The number of aryl methyl sites for hydroxylation is 1. The fourth-order valence-corrected chi connectivity index (χ4v) is 1.77. The van der Waals surface area contributed by atoms with E-state index in [-0.39, 0.29) is 21.7 Å². The molecule has 0 fully saturated rings. The molecule has 5 nitrogen and oxygen atoms in total. The lowest BCUT2D eigenvalue weighted by atomic mass is 10.3.